The molecule has 212 valence electrons. The van der Waals surface area contributed by atoms with Gasteiger partial charge in [0, 0.05) is 36.6 Å². The molecular formula is C28H36BN5O6. The molecule has 1 aliphatic heterocycles. The number of rotatable bonds is 12. The summed E-state index contributed by atoms with van der Waals surface area (Å²) >= 11 is 0. The number of para-hydroxylation sites is 1. The van der Waals surface area contributed by atoms with Crippen LogP contribution in [0.2, 0.25) is 0 Å². The summed E-state index contributed by atoms with van der Waals surface area (Å²) in [6, 6.07) is 14.8. The Balaban J connectivity index is 1.46. The van der Waals surface area contributed by atoms with Gasteiger partial charge in [0.15, 0.2) is 0 Å². The Morgan fingerprint density at radius 2 is 1.65 bits per heavy atom. The van der Waals surface area contributed by atoms with Gasteiger partial charge in [-0.3, -0.25) is 19.3 Å². The first-order valence-corrected chi connectivity index (χ1v) is 13.5. The van der Waals surface area contributed by atoms with E-state index < -0.39 is 37.0 Å². The number of carbonyl (C=O) groups excluding carboxylic acids is 3. The van der Waals surface area contributed by atoms with E-state index in [0.717, 1.165) is 22.0 Å². The molecule has 4 rings (SSSR count). The molecule has 40 heavy (non-hydrogen) atoms. The molecule has 1 aliphatic rings. The second kappa shape index (κ2) is 14.1. The van der Waals surface area contributed by atoms with Gasteiger partial charge in [0.25, 0.3) is 0 Å². The van der Waals surface area contributed by atoms with Crippen molar-refractivity contribution in [2.24, 2.45) is 0 Å². The van der Waals surface area contributed by atoms with E-state index in [1.54, 1.807) is 13.1 Å². The largest absolute Gasteiger partial charge is 0.475 e. The van der Waals surface area contributed by atoms with Crippen molar-refractivity contribution < 1.29 is 29.2 Å². The molecule has 6 N–H and O–H groups in total. The number of benzene rings is 2. The van der Waals surface area contributed by atoms with Crippen LogP contribution in [0, 0.1) is 0 Å². The number of aromatic nitrogens is 1. The monoisotopic (exact) mass is 549 g/mol. The fraction of sp³-hybridized carbons (Fsp3) is 0.393. The van der Waals surface area contributed by atoms with Gasteiger partial charge in [-0.05, 0) is 30.5 Å². The molecule has 1 fully saturated rings. The van der Waals surface area contributed by atoms with E-state index in [0.29, 0.717) is 26.3 Å². The van der Waals surface area contributed by atoms with Crippen molar-refractivity contribution in [1.29, 1.82) is 0 Å². The van der Waals surface area contributed by atoms with E-state index in [1.807, 2.05) is 59.5 Å². The Labute approximate surface area is 233 Å². The summed E-state index contributed by atoms with van der Waals surface area (Å²) in [5.74, 6) is -2.39. The van der Waals surface area contributed by atoms with Crippen molar-refractivity contribution >= 4 is 35.7 Å². The summed E-state index contributed by atoms with van der Waals surface area (Å²) in [6.07, 6.45) is 2.12. The van der Waals surface area contributed by atoms with Gasteiger partial charge >= 0.3 is 7.12 Å². The summed E-state index contributed by atoms with van der Waals surface area (Å²) in [5, 5.41) is 29.1. The van der Waals surface area contributed by atoms with Crippen LogP contribution >= 0.6 is 0 Å². The summed E-state index contributed by atoms with van der Waals surface area (Å²) in [7, 11) is -1.81. The van der Waals surface area contributed by atoms with Crippen molar-refractivity contribution in [3.63, 3.8) is 0 Å². The molecule has 0 saturated carbocycles. The number of fused-ring (bicyclic) bond motifs is 1. The highest BCUT2D eigenvalue weighted by atomic mass is 16.5. The van der Waals surface area contributed by atoms with Gasteiger partial charge in [-0.15, -0.1) is 0 Å². The fourth-order valence-electron chi connectivity index (χ4n) is 4.72. The molecular weight excluding hydrogens is 513 g/mol. The molecule has 11 nitrogen and oxygen atoms in total. The molecule has 0 bridgehead atoms. The summed E-state index contributed by atoms with van der Waals surface area (Å²) in [5.41, 5.74) is 2.51. The minimum absolute atomic E-state index is 0.148. The molecule has 1 aromatic heterocycles. The van der Waals surface area contributed by atoms with Gasteiger partial charge in [0.2, 0.25) is 17.7 Å². The first-order chi connectivity index (χ1) is 19.3. The number of ether oxygens (including phenoxy) is 1. The smallest absolute Gasteiger partial charge is 0.426 e. The maximum atomic E-state index is 13.5. The van der Waals surface area contributed by atoms with Crippen molar-refractivity contribution in [3.05, 3.63) is 71.9 Å². The molecule has 0 radical (unpaired) electrons. The Kier molecular flexibility index (Phi) is 10.3. The van der Waals surface area contributed by atoms with Crippen molar-refractivity contribution in [2.75, 3.05) is 32.8 Å². The number of hydrogen-bond acceptors (Lipinski definition) is 7. The Morgan fingerprint density at radius 3 is 2.38 bits per heavy atom. The number of carbonyl (C=O) groups is 3. The quantitative estimate of drug-likeness (QED) is 0.171. The molecule has 3 amide bonds. The van der Waals surface area contributed by atoms with Crippen LogP contribution in [0.1, 0.15) is 18.1 Å². The van der Waals surface area contributed by atoms with E-state index in [1.165, 1.54) is 0 Å². The minimum atomic E-state index is -1.81. The van der Waals surface area contributed by atoms with Crippen LogP contribution in [0.3, 0.4) is 0 Å². The molecule has 3 aromatic rings. The van der Waals surface area contributed by atoms with Crippen LogP contribution in [0.4, 0.5) is 0 Å². The third kappa shape index (κ3) is 8.15. The highest BCUT2D eigenvalue weighted by Crippen LogP contribution is 2.19. The van der Waals surface area contributed by atoms with E-state index in [2.05, 4.69) is 20.9 Å². The van der Waals surface area contributed by atoms with E-state index >= 15 is 0 Å². The Bertz CT molecular complexity index is 1280. The average Bonchev–Trinajstić information content (AvgIpc) is 3.36. The highest BCUT2D eigenvalue weighted by Gasteiger charge is 2.31. The predicted octanol–water partition coefficient (Wildman–Crippen LogP) is -0.228. The molecule has 2 aromatic carbocycles. The number of aromatic amines is 1. The molecule has 0 spiro atoms. The Morgan fingerprint density at radius 1 is 0.950 bits per heavy atom. The summed E-state index contributed by atoms with van der Waals surface area (Å²) < 4.78 is 5.30. The van der Waals surface area contributed by atoms with Gasteiger partial charge < -0.3 is 35.7 Å². The number of H-pyrrole nitrogens is 1. The van der Waals surface area contributed by atoms with Gasteiger partial charge in [-0.25, -0.2) is 0 Å². The molecule has 0 aliphatic carbocycles. The van der Waals surface area contributed by atoms with E-state index in [4.69, 9.17) is 4.74 Å². The first-order valence-electron chi connectivity index (χ1n) is 13.5. The van der Waals surface area contributed by atoms with Gasteiger partial charge in [0.1, 0.15) is 12.1 Å². The molecule has 3 atom stereocenters. The normalized spacial score (nSPS) is 16.1. The second-order valence-corrected chi connectivity index (χ2v) is 10.0. The standard InChI is InChI=1S/C28H36BN5O6/c1-19(31-26(35)18-34-11-13-40-14-12-34)27(36)32-24(16-21-17-30-23-10-6-5-9-22(21)23)28(37)33-25(29(38)39)15-20-7-3-2-4-8-20/h2-10,17,19,24-25,30,38-39H,11-16,18H2,1H3,(H,31,35)(H,32,36)(H,33,37). The highest BCUT2D eigenvalue weighted by molar-refractivity contribution is 6.43. The third-order valence-corrected chi connectivity index (χ3v) is 6.96. The molecule has 12 heteroatoms. The van der Waals surface area contributed by atoms with Gasteiger partial charge in [0.05, 0.1) is 25.7 Å². The lowest BCUT2D eigenvalue weighted by molar-refractivity contribution is -0.132. The second-order valence-electron chi connectivity index (χ2n) is 10.0. The van der Waals surface area contributed by atoms with Crippen LogP contribution in [0.5, 0.6) is 0 Å². The third-order valence-electron chi connectivity index (χ3n) is 6.96. The van der Waals surface area contributed by atoms with Crippen LogP contribution in [-0.2, 0) is 32.0 Å². The first kappa shape index (κ1) is 29.3. The van der Waals surface area contributed by atoms with Gasteiger partial charge in [-0.2, -0.15) is 0 Å². The van der Waals surface area contributed by atoms with Crippen LogP contribution in [0.25, 0.3) is 10.9 Å². The lowest BCUT2D eigenvalue weighted by Gasteiger charge is -2.27. The molecule has 1 saturated heterocycles. The van der Waals surface area contributed by atoms with Crippen LogP contribution < -0.4 is 16.0 Å². The lowest BCUT2D eigenvalue weighted by atomic mass is 9.75. The van der Waals surface area contributed by atoms with Crippen LogP contribution in [-0.4, -0.2) is 95.6 Å². The predicted molar refractivity (Wildman–Crippen MR) is 151 cm³/mol. The summed E-state index contributed by atoms with van der Waals surface area (Å²) in [4.78, 5) is 44.3. The van der Waals surface area contributed by atoms with Crippen molar-refractivity contribution in [1.82, 2.24) is 25.8 Å². The zero-order valence-corrected chi connectivity index (χ0v) is 22.5. The number of hydrogen-bond donors (Lipinski definition) is 6. The van der Waals surface area contributed by atoms with Crippen molar-refractivity contribution in [3.8, 4) is 0 Å². The summed E-state index contributed by atoms with van der Waals surface area (Å²) in [6.45, 7) is 4.10. The zero-order chi connectivity index (χ0) is 28.5. The average molecular weight is 549 g/mol. The molecule has 3 unspecified atom stereocenters. The van der Waals surface area contributed by atoms with Crippen molar-refractivity contribution in [2.45, 2.75) is 37.8 Å². The number of morpholine rings is 1. The number of nitrogens with one attached hydrogen (secondary N) is 4. The maximum Gasteiger partial charge on any atom is 0.475 e. The van der Waals surface area contributed by atoms with E-state index in [9.17, 15) is 24.4 Å². The zero-order valence-electron chi connectivity index (χ0n) is 22.5. The maximum absolute atomic E-state index is 13.5. The SMILES string of the molecule is CC(NC(=O)CN1CCOCC1)C(=O)NC(Cc1c[nH]c2ccccc12)C(=O)NC(Cc1ccccc1)B(O)O. The minimum Gasteiger partial charge on any atom is -0.426 e. The topological polar surface area (TPSA) is 156 Å². The number of nitrogens with zero attached hydrogens (tertiary/aromatic N) is 1. The van der Waals surface area contributed by atoms with Crippen LogP contribution in [0.15, 0.2) is 60.8 Å². The number of amides is 3. The fourth-order valence-corrected chi connectivity index (χ4v) is 4.72. The molecule has 2 heterocycles. The van der Waals surface area contributed by atoms with Gasteiger partial charge in [-0.1, -0.05) is 48.5 Å². The van der Waals surface area contributed by atoms with E-state index in [-0.39, 0.29) is 25.3 Å². The lowest BCUT2D eigenvalue weighted by Crippen LogP contribution is -2.58. The Hall–Kier alpha value is -3.71.